The Bertz CT molecular complexity index is 159. The summed E-state index contributed by atoms with van der Waals surface area (Å²) in [4.78, 5) is 19.7. The fourth-order valence-corrected chi connectivity index (χ4v) is 0.409. The first-order valence-corrected chi connectivity index (χ1v) is 4.45. The number of carbonyl (C=O) groups is 2. The lowest BCUT2D eigenvalue weighted by atomic mass is 10.3. The van der Waals surface area contributed by atoms with Gasteiger partial charge >= 0.3 is 11.9 Å². The third-order valence-corrected chi connectivity index (χ3v) is 1.36. The molecule has 0 fully saturated rings. The number of aliphatic carboxylic acids is 2. The Morgan fingerprint density at radius 2 is 1.69 bits per heavy atom. The summed E-state index contributed by atoms with van der Waals surface area (Å²) in [6.45, 7) is 0.184. The lowest BCUT2D eigenvalue weighted by Crippen LogP contribution is -2.17. The third-order valence-electron chi connectivity index (χ3n) is 0.753. The van der Waals surface area contributed by atoms with Gasteiger partial charge in [0.2, 0.25) is 0 Å². The largest absolute Gasteiger partial charge is 0.481 e. The molecule has 0 radical (unpaired) electrons. The maximum Gasteiger partial charge on any atom is 0.316 e. The molecule has 1 atom stereocenters. The van der Waals surface area contributed by atoms with E-state index in [1.807, 2.05) is 0 Å². The minimum absolute atomic E-state index is 0.184. The second kappa shape index (κ2) is 9.69. The second-order valence-corrected chi connectivity index (χ2v) is 2.97. The molecule has 3 N–H and O–H groups in total. The molecule has 0 bridgehead atoms. The summed E-state index contributed by atoms with van der Waals surface area (Å²) in [7, 11) is 0. The summed E-state index contributed by atoms with van der Waals surface area (Å²) in [5.74, 6) is -1.79. The van der Waals surface area contributed by atoms with Crippen LogP contribution in [-0.4, -0.2) is 44.9 Å². The smallest absolute Gasteiger partial charge is 0.316 e. The predicted molar refractivity (Wildman–Crippen MR) is 53.6 cm³/mol. The highest BCUT2D eigenvalue weighted by Crippen LogP contribution is 1.99. The van der Waals surface area contributed by atoms with Crippen molar-refractivity contribution in [3.05, 3.63) is 0 Å². The molecule has 0 spiro atoms. The molecule has 1 unspecified atom stereocenters. The molecule has 0 saturated heterocycles. The van der Waals surface area contributed by atoms with Gasteiger partial charge in [0.1, 0.15) is 5.25 Å². The van der Waals surface area contributed by atoms with Gasteiger partial charge in [0, 0.05) is 5.75 Å². The highest BCUT2D eigenvalue weighted by molar-refractivity contribution is 7.81. The molecular formula is C6H12O5S2. The van der Waals surface area contributed by atoms with Crippen LogP contribution in [0.5, 0.6) is 0 Å². The Balaban J connectivity index is 0. The van der Waals surface area contributed by atoms with Crippen LogP contribution < -0.4 is 0 Å². The van der Waals surface area contributed by atoms with E-state index in [1.54, 1.807) is 0 Å². The Kier molecular flexibility index (Phi) is 11.2. The molecule has 0 amide bonds. The highest BCUT2D eigenvalue weighted by Gasteiger charge is 2.14. The van der Waals surface area contributed by atoms with E-state index in [1.165, 1.54) is 0 Å². The minimum Gasteiger partial charge on any atom is -0.481 e. The zero-order chi connectivity index (χ0) is 10.9. The van der Waals surface area contributed by atoms with Crippen LogP contribution >= 0.6 is 25.3 Å². The number of carboxylic acids is 2. The summed E-state index contributed by atoms with van der Waals surface area (Å²) < 4.78 is 0. The lowest BCUT2D eigenvalue weighted by Gasteiger charge is -1.97. The predicted octanol–water partition coefficient (Wildman–Crippen LogP) is -0.247. The number of carboxylic acid groups (broad SMARTS) is 2. The number of rotatable bonds is 4. The van der Waals surface area contributed by atoms with Crippen molar-refractivity contribution >= 4 is 37.2 Å². The number of thiol groups is 2. The van der Waals surface area contributed by atoms with Gasteiger partial charge in [-0.15, -0.1) is 0 Å². The van der Waals surface area contributed by atoms with Gasteiger partial charge in [-0.1, -0.05) is 0 Å². The van der Waals surface area contributed by atoms with E-state index < -0.39 is 23.6 Å². The van der Waals surface area contributed by atoms with Crippen LogP contribution in [0.15, 0.2) is 0 Å². The summed E-state index contributed by atoms with van der Waals surface area (Å²) in [5.41, 5.74) is 0. The van der Waals surface area contributed by atoms with Crippen molar-refractivity contribution in [2.45, 2.75) is 11.7 Å². The second-order valence-electron chi connectivity index (χ2n) is 1.90. The number of aliphatic hydroxyl groups is 1. The van der Waals surface area contributed by atoms with Gasteiger partial charge in [0.05, 0.1) is 13.0 Å². The summed E-state index contributed by atoms with van der Waals surface area (Å²) in [6, 6.07) is 0. The quantitative estimate of drug-likeness (QED) is 0.428. The van der Waals surface area contributed by atoms with E-state index in [-0.39, 0.29) is 6.61 Å². The normalized spacial score (nSPS) is 11.0. The van der Waals surface area contributed by atoms with Crippen LogP contribution in [0.3, 0.4) is 0 Å². The van der Waals surface area contributed by atoms with E-state index in [0.717, 1.165) is 0 Å². The van der Waals surface area contributed by atoms with Crippen LogP contribution in [0.4, 0.5) is 0 Å². The Hall–Kier alpha value is -0.400. The van der Waals surface area contributed by atoms with Crippen LogP contribution in [-0.2, 0) is 9.59 Å². The van der Waals surface area contributed by atoms with E-state index in [2.05, 4.69) is 25.3 Å². The molecule has 0 aromatic heterocycles. The van der Waals surface area contributed by atoms with E-state index in [9.17, 15) is 9.59 Å². The number of hydrogen-bond acceptors (Lipinski definition) is 5. The average molecular weight is 228 g/mol. The molecular weight excluding hydrogens is 216 g/mol. The van der Waals surface area contributed by atoms with Crippen molar-refractivity contribution in [1.29, 1.82) is 0 Å². The third kappa shape index (κ3) is 14.5. The number of aliphatic hydroxyl groups excluding tert-OH is 1. The van der Waals surface area contributed by atoms with E-state index in [4.69, 9.17) is 15.3 Å². The van der Waals surface area contributed by atoms with E-state index >= 15 is 0 Å². The van der Waals surface area contributed by atoms with Crippen molar-refractivity contribution in [2.24, 2.45) is 0 Å². The zero-order valence-corrected chi connectivity index (χ0v) is 8.54. The molecule has 0 saturated carbocycles. The monoisotopic (exact) mass is 228 g/mol. The Morgan fingerprint density at radius 3 is 1.77 bits per heavy atom. The van der Waals surface area contributed by atoms with Crippen molar-refractivity contribution in [1.82, 2.24) is 0 Å². The summed E-state index contributed by atoms with van der Waals surface area (Å²) in [6.07, 6.45) is -0.446. The first kappa shape index (κ1) is 15.1. The molecule has 0 heterocycles. The average Bonchev–Trinajstić information content (AvgIpc) is 2.03. The van der Waals surface area contributed by atoms with Gasteiger partial charge < -0.3 is 15.3 Å². The van der Waals surface area contributed by atoms with Crippen molar-refractivity contribution in [3.63, 3.8) is 0 Å². The standard InChI is InChI=1S/C4H6O4S.C2H6OS/c5-3(6)1-2(9)4(7)8;3-1-2-4/h2,9H,1H2,(H,5,6)(H,7,8);3-4H,1-2H2. The molecule has 13 heavy (non-hydrogen) atoms. The molecule has 0 aromatic carbocycles. The van der Waals surface area contributed by atoms with Gasteiger partial charge in [-0.25, -0.2) is 0 Å². The maximum absolute atomic E-state index is 9.90. The number of hydrogen-bond donors (Lipinski definition) is 5. The van der Waals surface area contributed by atoms with Crippen molar-refractivity contribution < 1.29 is 24.9 Å². The summed E-state index contributed by atoms with van der Waals surface area (Å²) in [5, 5.41) is 22.8. The molecule has 0 aliphatic rings. The maximum atomic E-state index is 9.90. The lowest BCUT2D eigenvalue weighted by molar-refractivity contribution is -0.142. The van der Waals surface area contributed by atoms with Gasteiger partial charge in [0.25, 0.3) is 0 Å². The van der Waals surface area contributed by atoms with Gasteiger partial charge in [-0.05, 0) is 0 Å². The molecule has 7 heteroatoms. The summed E-state index contributed by atoms with van der Waals surface area (Å²) >= 11 is 7.15. The van der Waals surface area contributed by atoms with Gasteiger partial charge in [-0.2, -0.15) is 25.3 Å². The van der Waals surface area contributed by atoms with Crippen LogP contribution in [0.25, 0.3) is 0 Å². The van der Waals surface area contributed by atoms with E-state index in [0.29, 0.717) is 5.75 Å². The highest BCUT2D eigenvalue weighted by atomic mass is 32.1. The molecule has 0 aromatic rings. The van der Waals surface area contributed by atoms with Crippen LogP contribution in [0, 0.1) is 0 Å². The molecule has 78 valence electrons. The van der Waals surface area contributed by atoms with Crippen LogP contribution in [0.2, 0.25) is 0 Å². The molecule has 0 aliphatic heterocycles. The molecule has 5 nitrogen and oxygen atoms in total. The van der Waals surface area contributed by atoms with Crippen LogP contribution in [0.1, 0.15) is 6.42 Å². The zero-order valence-electron chi connectivity index (χ0n) is 6.75. The Labute approximate surface area is 86.6 Å². The minimum atomic E-state index is -1.21. The Morgan fingerprint density at radius 1 is 1.31 bits per heavy atom. The van der Waals surface area contributed by atoms with Crippen molar-refractivity contribution in [3.8, 4) is 0 Å². The molecule has 0 aliphatic carbocycles. The molecule has 0 rings (SSSR count). The first-order valence-electron chi connectivity index (χ1n) is 3.30. The van der Waals surface area contributed by atoms with Gasteiger partial charge in [0.15, 0.2) is 0 Å². The van der Waals surface area contributed by atoms with Crippen molar-refractivity contribution in [2.75, 3.05) is 12.4 Å². The topological polar surface area (TPSA) is 94.8 Å². The first-order chi connectivity index (χ1) is 5.95. The van der Waals surface area contributed by atoms with Gasteiger partial charge in [-0.3, -0.25) is 9.59 Å². The fraction of sp³-hybridized carbons (Fsp3) is 0.667. The SMILES string of the molecule is O=C(O)CC(S)C(=O)O.OCCS. The fourth-order valence-electron chi connectivity index (χ4n) is 0.253.